The number of aryl methyl sites for hydroxylation is 1. The second-order valence-electron chi connectivity index (χ2n) is 5.56. The third kappa shape index (κ3) is 4.39. The lowest BCUT2D eigenvalue weighted by Gasteiger charge is -2.12. The van der Waals surface area contributed by atoms with E-state index in [1.54, 1.807) is 25.1 Å². The van der Waals surface area contributed by atoms with E-state index in [-0.39, 0.29) is 22.0 Å². The van der Waals surface area contributed by atoms with Gasteiger partial charge < -0.3 is 9.84 Å². The Bertz CT molecular complexity index is 1090. The lowest BCUT2D eigenvalue weighted by Crippen LogP contribution is -2.15. The van der Waals surface area contributed by atoms with E-state index in [9.17, 15) is 13.2 Å². The summed E-state index contributed by atoms with van der Waals surface area (Å²) in [5.41, 5.74) is 0.580. The number of rotatable bonds is 6. The molecule has 0 atom stereocenters. The average molecular weight is 385 g/mol. The molecule has 2 N–H and O–H groups in total. The molecule has 1 aromatic heterocycles. The summed E-state index contributed by atoms with van der Waals surface area (Å²) in [6, 6.07) is 10.2. The Kier molecular flexibility index (Phi) is 5.04. The first-order valence-electron chi connectivity index (χ1n) is 7.76. The second kappa shape index (κ2) is 7.42. The number of benzene rings is 2. The standard InChI is InChI=1S/C18H15N3O5S/c1-12-5-6-13(18(22)23)9-16(12)27(24,25)21-14-3-2-4-15(10-14)26-17-11-19-7-8-20-17/h2-11,21H,1H3,(H,22,23). The quantitative estimate of drug-likeness (QED) is 0.669. The van der Waals surface area contributed by atoms with Crippen molar-refractivity contribution in [2.45, 2.75) is 11.8 Å². The van der Waals surface area contributed by atoms with Crippen LogP contribution in [0.15, 0.2) is 66.0 Å². The Morgan fingerprint density at radius 3 is 2.67 bits per heavy atom. The lowest BCUT2D eigenvalue weighted by molar-refractivity contribution is 0.0696. The number of nitrogens with one attached hydrogen (secondary N) is 1. The van der Waals surface area contributed by atoms with Crippen molar-refractivity contribution in [3.8, 4) is 11.6 Å². The maximum atomic E-state index is 12.7. The highest BCUT2D eigenvalue weighted by Gasteiger charge is 2.19. The van der Waals surface area contributed by atoms with Crippen molar-refractivity contribution in [3.05, 3.63) is 72.2 Å². The van der Waals surface area contributed by atoms with E-state index in [2.05, 4.69) is 14.7 Å². The fourth-order valence-corrected chi connectivity index (χ4v) is 3.64. The molecule has 2 aromatic carbocycles. The zero-order valence-electron chi connectivity index (χ0n) is 14.2. The summed E-state index contributed by atoms with van der Waals surface area (Å²) < 4.78 is 33.4. The average Bonchev–Trinajstić information content (AvgIpc) is 2.62. The fraction of sp³-hybridized carbons (Fsp3) is 0.0556. The Balaban J connectivity index is 1.87. The maximum Gasteiger partial charge on any atom is 0.335 e. The molecule has 138 valence electrons. The predicted molar refractivity (Wildman–Crippen MR) is 97.5 cm³/mol. The van der Waals surface area contributed by atoms with Gasteiger partial charge in [0.1, 0.15) is 5.75 Å². The molecule has 27 heavy (non-hydrogen) atoms. The van der Waals surface area contributed by atoms with E-state index in [4.69, 9.17) is 9.84 Å². The second-order valence-corrected chi connectivity index (χ2v) is 7.22. The van der Waals surface area contributed by atoms with Crippen LogP contribution in [0.25, 0.3) is 0 Å². The van der Waals surface area contributed by atoms with E-state index in [1.165, 1.54) is 36.8 Å². The number of sulfonamides is 1. The lowest BCUT2D eigenvalue weighted by atomic mass is 10.1. The first-order valence-corrected chi connectivity index (χ1v) is 9.24. The molecule has 0 aliphatic heterocycles. The van der Waals surface area contributed by atoms with E-state index in [1.807, 2.05) is 0 Å². The summed E-state index contributed by atoms with van der Waals surface area (Å²) in [5, 5.41) is 9.09. The van der Waals surface area contributed by atoms with Gasteiger partial charge in [-0.3, -0.25) is 9.71 Å². The molecule has 9 heteroatoms. The summed E-state index contributed by atoms with van der Waals surface area (Å²) >= 11 is 0. The van der Waals surface area contributed by atoms with Crippen molar-refractivity contribution in [3.63, 3.8) is 0 Å². The third-order valence-electron chi connectivity index (χ3n) is 3.57. The molecule has 1 heterocycles. The highest BCUT2D eigenvalue weighted by molar-refractivity contribution is 7.92. The van der Waals surface area contributed by atoms with Crippen molar-refractivity contribution < 1.29 is 23.1 Å². The molecule has 3 aromatic rings. The van der Waals surface area contributed by atoms with Crippen LogP contribution in [0, 0.1) is 6.92 Å². The minimum absolute atomic E-state index is 0.109. The van der Waals surface area contributed by atoms with Gasteiger partial charge in [0.15, 0.2) is 0 Å². The zero-order chi connectivity index (χ0) is 19.4. The molecule has 0 bridgehead atoms. The molecular weight excluding hydrogens is 370 g/mol. The largest absolute Gasteiger partial charge is 0.478 e. The van der Waals surface area contributed by atoms with Crippen molar-refractivity contribution in [1.82, 2.24) is 9.97 Å². The smallest absolute Gasteiger partial charge is 0.335 e. The van der Waals surface area contributed by atoms with Crippen molar-refractivity contribution in [1.29, 1.82) is 0 Å². The molecule has 0 fully saturated rings. The number of aromatic nitrogens is 2. The molecule has 0 unspecified atom stereocenters. The highest BCUT2D eigenvalue weighted by atomic mass is 32.2. The zero-order valence-corrected chi connectivity index (χ0v) is 15.0. The van der Waals surface area contributed by atoms with Crippen LogP contribution in [0.4, 0.5) is 5.69 Å². The maximum absolute atomic E-state index is 12.7. The van der Waals surface area contributed by atoms with Gasteiger partial charge in [0.2, 0.25) is 5.88 Å². The van der Waals surface area contributed by atoms with Crippen LogP contribution in [-0.2, 0) is 10.0 Å². The van der Waals surface area contributed by atoms with Crippen molar-refractivity contribution in [2.75, 3.05) is 4.72 Å². The van der Waals surface area contributed by atoms with Crippen molar-refractivity contribution in [2.24, 2.45) is 0 Å². The number of aromatic carboxylic acids is 1. The predicted octanol–water partition coefficient (Wildman–Crippen LogP) is 3.08. The van der Waals surface area contributed by atoms with Gasteiger partial charge in [0, 0.05) is 18.5 Å². The van der Waals surface area contributed by atoms with E-state index < -0.39 is 16.0 Å². The number of hydrogen-bond donors (Lipinski definition) is 2. The molecule has 8 nitrogen and oxygen atoms in total. The van der Waals surface area contributed by atoms with E-state index in [0.29, 0.717) is 11.3 Å². The van der Waals surface area contributed by atoms with Crippen molar-refractivity contribution >= 4 is 21.7 Å². The summed E-state index contributed by atoms with van der Waals surface area (Å²) in [4.78, 5) is 18.9. The first kappa shape index (κ1) is 18.3. The normalized spacial score (nSPS) is 11.0. The number of ether oxygens (including phenoxy) is 1. The molecule has 0 saturated carbocycles. The monoisotopic (exact) mass is 385 g/mol. The van der Waals surface area contributed by atoms with Crippen LogP contribution in [0.2, 0.25) is 0 Å². The molecule has 0 aliphatic rings. The van der Waals surface area contributed by atoms with Crippen LogP contribution in [-0.4, -0.2) is 29.5 Å². The molecule has 0 aliphatic carbocycles. The number of carboxylic acid groups (broad SMARTS) is 1. The minimum Gasteiger partial charge on any atom is -0.478 e. The number of carboxylic acids is 1. The molecule has 0 amide bonds. The summed E-state index contributed by atoms with van der Waals surface area (Å²) in [5.74, 6) is -0.569. The first-order chi connectivity index (χ1) is 12.8. The number of hydrogen-bond acceptors (Lipinski definition) is 6. The van der Waals surface area contributed by atoms with Gasteiger partial charge in [-0.05, 0) is 36.8 Å². The van der Waals surface area contributed by atoms with Gasteiger partial charge >= 0.3 is 5.97 Å². The Morgan fingerprint density at radius 1 is 1.15 bits per heavy atom. The molecule has 3 rings (SSSR count). The van der Waals surface area contributed by atoms with Gasteiger partial charge in [-0.2, -0.15) is 0 Å². The van der Waals surface area contributed by atoms with Crippen LogP contribution in [0.5, 0.6) is 11.6 Å². The van der Waals surface area contributed by atoms with E-state index >= 15 is 0 Å². The summed E-state index contributed by atoms with van der Waals surface area (Å²) in [6.07, 6.45) is 4.41. The topological polar surface area (TPSA) is 118 Å². The van der Waals surface area contributed by atoms with Crippen LogP contribution in [0.3, 0.4) is 0 Å². The molecule has 0 spiro atoms. The Morgan fingerprint density at radius 2 is 1.96 bits per heavy atom. The SMILES string of the molecule is Cc1ccc(C(=O)O)cc1S(=O)(=O)Nc1cccc(Oc2cnccn2)c1. The minimum atomic E-state index is -3.99. The number of anilines is 1. The molecular formula is C18H15N3O5S. The van der Waals surface area contributed by atoms with Gasteiger partial charge in [0.25, 0.3) is 10.0 Å². The summed E-state index contributed by atoms with van der Waals surface area (Å²) in [6.45, 7) is 1.59. The fourth-order valence-electron chi connectivity index (χ4n) is 2.31. The van der Waals surface area contributed by atoms with Crippen LogP contribution < -0.4 is 9.46 Å². The summed E-state index contributed by atoms with van der Waals surface area (Å²) in [7, 11) is -3.99. The van der Waals surface area contributed by atoms with Gasteiger partial charge in [-0.15, -0.1) is 0 Å². The van der Waals surface area contributed by atoms with Gasteiger partial charge in [-0.25, -0.2) is 18.2 Å². The highest BCUT2D eigenvalue weighted by Crippen LogP contribution is 2.25. The van der Waals surface area contributed by atoms with Gasteiger partial charge in [-0.1, -0.05) is 12.1 Å². The Hall–Kier alpha value is -3.46. The number of nitrogens with zero attached hydrogens (tertiary/aromatic N) is 2. The third-order valence-corrected chi connectivity index (χ3v) is 5.10. The van der Waals surface area contributed by atoms with Gasteiger partial charge in [0.05, 0.1) is 22.3 Å². The Labute approximate surface area is 155 Å². The van der Waals surface area contributed by atoms with Crippen LogP contribution >= 0.6 is 0 Å². The van der Waals surface area contributed by atoms with E-state index in [0.717, 1.165) is 6.07 Å². The van der Waals surface area contributed by atoms with Crippen LogP contribution in [0.1, 0.15) is 15.9 Å². The molecule has 0 radical (unpaired) electrons. The molecule has 0 saturated heterocycles. The number of carbonyl (C=O) groups is 1.